The van der Waals surface area contributed by atoms with Crippen molar-refractivity contribution >= 4 is 34.1 Å². The van der Waals surface area contributed by atoms with Gasteiger partial charge in [0.2, 0.25) is 5.88 Å². The molecule has 1 atom stereocenters. The minimum absolute atomic E-state index is 0.0222. The highest BCUT2D eigenvalue weighted by Gasteiger charge is 2.32. The molecule has 174 valence electrons. The van der Waals surface area contributed by atoms with Crippen molar-refractivity contribution in [2.45, 2.75) is 12.6 Å². The Balaban J connectivity index is 1.74. The third kappa shape index (κ3) is 4.54. The van der Waals surface area contributed by atoms with Gasteiger partial charge in [-0.15, -0.1) is 0 Å². The first-order chi connectivity index (χ1) is 15.8. The molecule has 0 saturated carbocycles. The summed E-state index contributed by atoms with van der Waals surface area (Å²) >= 11 is 5.77. The number of benzene rings is 2. The molecule has 2 aromatic carbocycles. The summed E-state index contributed by atoms with van der Waals surface area (Å²) in [6, 6.07) is 4.50. The second-order valence-electron chi connectivity index (χ2n) is 7.36. The lowest BCUT2D eigenvalue weighted by atomic mass is 9.95. The van der Waals surface area contributed by atoms with Crippen molar-refractivity contribution in [1.29, 1.82) is 0 Å². The van der Waals surface area contributed by atoms with Gasteiger partial charge in [-0.3, -0.25) is 0 Å². The third-order valence-corrected chi connectivity index (χ3v) is 5.55. The molecule has 2 N–H and O–H groups in total. The van der Waals surface area contributed by atoms with Gasteiger partial charge in [0.15, 0.2) is 11.6 Å². The lowest BCUT2D eigenvalue weighted by Gasteiger charge is -2.34. The van der Waals surface area contributed by atoms with Crippen LogP contribution in [0.2, 0.25) is 5.02 Å². The summed E-state index contributed by atoms with van der Waals surface area (Å²) in [6.45, 7) is -0.237. The fourth-order valence-electron chi connectivity index (χ4n) is 3.66. The summed E-state index contributed by atoms with van der Waals surface area (Å²) < 4.78 is 52.7. The van der Waals surface area contributed by atoms with E-state index in [-0.39, 0.29) is 48.4 Å². The van der Waals surface area contributed by atoms with E-state index in [2.05, 4.69) is 10.3 Å². The van der Waals surface area contributed by atoms with Crippen LogP contribution in [0.5, 0.6) is 5.88 Å². The van der Waals surface area contributed by atoms with E-state index in [1.807, 2.05) is 0 Å². The van der Waals surface area contributed by atoms with Gasteiger partial charge in [-0.25, -0.2) is 22.9 Å². The molecule has 4 rings (SSSR count). The standard InChI is InChI=1S/C22H19ClF3N3O4/c1-29(22(31)27-11-2-3-15(24)14(23)6-11)19-10-32-9-18-20(19)12-7-16(25)17(26)8-13(12)21(28-18)33-5-4-30/h2-3,6-8,19,30H,4-5,9-10H2,1H3,(H,27,31). The zero-order chi connectivity index (χ0) is 23.7. The normalized spacial score (nSPS) is 15.3. The average molecular weight is 482 g/mol. The first-order valence-electron chi connectivity index (χ1n) is 9.92. The van der Waals surface area contributed by atoms with E-state index < -0.39 is 29.5 Å². The van der Waals surface area contributed by atoms with Gasteiger partial charge >= 0.3 is 6.03 Å². The van der Waals surface area contributed by atoms with E-state index in [1.54, 1.807) is 0 Å². The van der Waals surface area contributed by atoms with Crippen LogP contribution >= 0.6 is 11.6 Å². The summed E-state index contributed by atoms with van der Waals surface area (Å²) in [5.41, 5.74) is 1.16. The number of fused-ring (bicyclic) bond motifs is 3. The van der Waals surface area contributed by atoms with Crippen LogP contribution in [0, 0.1) is 17.5 Å². The number of aliphatic hydroxyl groups is 1. The highest BCUT2D eigenvalue weighted by Crippen LogP contribution is 2.38. The summed E-state index contributed by atoms with van der Waals surface area (Å²) in [7, 11) is 1.51. The number of nitrogens with zero attached hydrogens (tertiary/aromatic N) is 2. The maximum Gasteiger partial charge on any atom is 0.322 e. The number of carbonyl (C=O) groups excluding carboxylic acids is 1. The summed E-state index contributed by atoms with van der Waals surface area (Å²) in [6.07, 6.45) is 0. The van der Waals surface area contributed by atoms with Crippen LogP contribution in [0.1, 0.15) is 17.3 Å². The van der Waals surface area contributed by atoms with Crippen LogP contribution in [0.25, 0.3) is 10.8 Å². The number of anilines is 1. The number of likely N-dealkylation sites (N-methyl/N-ethyl adjacent to an activating group) is 1. The number of halogens is 4. The Hall–Kier alpha value is -3.08. The molecule has 2 amide bonds. The smallest absolute Gasteiger partial charge is 0.322 e. The minimum atomic E-state index is -1.08. The van der Waals surface area contributed by atoms with E-state index in [1.165, 1.54) is 24.1 Å². The van der Waals surface area contributed by atoms with E-state index in [4.69, 9.17) is 26.2 Å². The van der Waals surface area contributed by atoms with Gasteiger partial charge in [0, 0.05) is 23.7 Å². The summed E-state index contributed by atoms with van der Waals surface area (Å²) in [5.74, 6) is -2.75. The molecule has 0 spiro atoms. The molecule has 3 aromatic rings. The summed E-state index contributed by atoms with van der Waals surface area (Å²) in [4.78, 5) is 18.6. The first kappa shape index (κ1) is 23.1. The topological polar surface area (TPSA) is 83.9 Å². The van der Waals surface area contributed by atoms with Crippen LogP contribution in [0.3, 0.4) is 0 Å². The molecule has 0 saturated heterocycles. The zero-order valence-corrected chi connectivity index (χ0v) is 18.1. The van der Waals surface area contributed by atoms with Crippen molar-refractivity contribution in [3.05, 3.63) is 64.1 Å². The quantitative estimate of drug-likeness (QED) is 0.564. The van der Waals surface area contributed by atoms with E-state index in [9.17, 15) is 18.0 Å². The van der Waals surface area contributed by atoms with E-state index >= 15 is 0 Å². The number of hydrogen-bond donors (Lipinski definition) is 2. The Morgan fingerprint density at radius 3 is 2.67 bits per heavy atom. The molecule has 0 aliphatic carbocycles. The number of amides is 2. The van der Waals surface area contributed by atoms with Crippen molar-refractivity contribution in [1.82, 2.24) is 9.88 Å². The molecule has 1 aromatic heterocycles. The third-order valence-electron chi connectivity index (χ3n) is 5.26. The SMILES string of the molecule is CN(C(=O)Nc1ccc(F)c(Cl)c1)C1COCc2nc(OCCO)c3cc(F)c(F)cc3c21. The zero-order valence-electron chi connectivity index (χ0n) is 17.4. The van der Waals surface area contributed by atoms with Crippen molar-refractivity contribution in [2.75, 3.05) is 32.2 Å². The minimum Gasteiger partial charge on any atom is -0.475 e. The fraction of sp³-hybridized carbons (Fsp3) is 0.273. The number of aliphatic hydroxyl groups excluding tert-OH is 1. The Morgan fingerprint density at radius 2 is 1.97 bits per heavy atom. The van der Waals surface area contributed by atoms with Crippen LogP contribution in [0.4, 0.5) is 23.7 Å². The molecule has 1 unspecified atom stereocenters. The van der Waals surface area contributed by atoms with Crippen LogP contribution in [0.15, 0.2) is 30.3 Å². The van der Waals surface area contributed by atoms with Crippen LogP contribution < -0.4 is 10.1 Å². The van der Waals surface area contributed by atoms with Gasteiger partial charge in [-0.2, -0.15) is 0 Å². The average Bonchev–Trinajstić information content (AvgIpc) is 2.80. The predicted molar refractivity (Wildman–Crippen MR) is 115 cm³/mol. The van der Waals surface area contributed by atoms with Gasteiger partial charge in [0.1, 0.15) is 12.4 Å². The van der Waals surface area contributed by atoms with Crippen molar-refractivity contribution < 1.29 is 32.5 Å². The molecule has 33 heavy (non-hydrogen) atoms. The molecular formula is C22H19ClF3N3O4. The summed E-state index contributed by atoms with van der Waals surface area (Å²) in [5, 5.41) is 12.1. The van der Waals surface area contributed by atoms with Gasteiger partial charge < -0.3 is 24.8 Å². The molecule has 11 heteroatoms. The maximum atomic E-state index is 14.2. The number of pyridine rings is 1. The molecule has 1 aliphatic heterocycles. The van der Waals surface area contributed by atoms with Crippen molar-refractivity contribution in [3.63, 3.8) is 0 Å². The van der Waals surface area contributed by atoms with Crippen molar-refractivity contribution in [2.24, 2.45) is 0 Å². The van der Waals surface area contributed by atoms with Gasteiger partial charge in [-0.1, -0.05) is 11.6 Å². The largest absolute Gasteiger partial charge is 0.475 e. The van der Waals surface area contributed by atoms with Crippen LogP contribution in [-0.4, -0.2) is 47.9 Å². The monoisotopic (exact) mass is 481 g/mol. The molecule has 0 radical (unpaired) electrons. The van der Waals surface area contributed by atoms with Gasteiger partial charge in [0.05, 0.1) is 36.6 Å². The maximum absolute atomic E-state index is 14.2. The predicted octanol–water partition coefficient (Wildman–Crippen LogP) is 4.41. The number of aromatic nitrogens is 1. The lowest BCUT2D eigenvalue weighted by Crippen LogP contribution is -2.39. The van der Waals surface area contributed by atoms with E-state index in [0.717, 1.165) is 18.2 Å². The number of hydrogen-bond acceptors (Lipinski definition) is 5. The van der Waals surface area contributed by atoms with E-state index in [0.29, 0.717) is 16.6 Å². The second kappa shape index (κ2) is 9.42. The highest BCUT2D eigenvalue weighted by molar-refractivity contribution is 6.31. The fourth-order valence-corrected chi connectivity index (χ4v) is 3.84. The number of urea groups is 1. The number of ether oxygens (including phenoxy) is 2. The number of rotatable bonds is 5. The molecule has 2 heterocycles. The molecule has 0 fully saturated rings. The van der Waals surface area contributed by atoms with Gasteiger partial charge in [-0.05, 0) is 35.7 Å². The highest BCUT2D eigenvalue weighted by atomic mass is 35.5. The Bertz CT molecular complexity index is 1230. The Morgan fingerprint density at radius 1 is 1.24 bits per heavy atom. The second-order valence-corrected chi connectivity index (χ2v) is 7.77. The Labute approximate surface area is 191 Å². The Kier molecular flexibility index (Phi) is 6.59. The molecule has 0 bridgehead atoms. The number of nitrogens with one attached hydrogen (secondary N) is 1. The molecule has 7 nitrogen and oxygen atoms in total. The van der Waals surface area contributed by atoms with Gasteiger partial charge in [0.25, 0.3) is 0 Å². The lowest BCUT2D eigenvalue weighted by molar-refractivity contribution is 0.0523. The molecule has 1 aliphatic rings. The first-order valence-corrected chi connectivity index (χ1v) is 10.3. The van der Waals surface area contributed by atoms with Crippen molar-refractivity contribution in [3.8, 4) is 5.88 Å². The van der Waals surface area contributed by atoms with Crippen LogP contribution in [-0.2, 0) is 11.3 Å². The number of carbonyl (C=O) groups is 1. The molecular weight excluding hydrogens is 463 g/mol.